The second kappa shape index (κ2) is 7.09. The molecule has 0 unspecified atom stereocenters. The molecule has 1 amide bonds. The molecule has 0 atom stereocenters. The summed E-state index contributed by atoms with van der Waals surface area (Å²) in [5.41, 5.74) is 2.01. The largest absolute Gasteiger partial charge is 0.345 e. The minimum absolute atomic E-state index is 0.162. The Balaban J connectivity index is 1.74. The van der Waals surface area contributed by atoms with Gasteiger partial charge in [0.25, 0.3) is 15.9 Å². The molecular weight excluding hydrogens is 352 g/mol. The van der Waals surface area contributed by atoms with Gasteiger partial charge in [-0.05, 0) is 43.2 Å². The number of aryl methyl sites for hydroxylation is 2. The van der Waals surface area contributed by atoms with E-state index < -0.39 is 15.9 Å². The number of hydrogen-bond donors (Lipinski definition) is 1. The number of carbonyl (C=O) groups is 1. The van der Waals surface area contributed by atoms with E-state index in [4.69, 9.17) is 0 Å². The van der Waals surface area contributed by atoms with E-state index in [-0.39, 0.29) is 17.0 Å². The fourth-order valence-electron chi connectivity index (χ4n) is 2.33. The smallest absolute Gasteiger partial charge is 0.267 e. The van der Waals surface area contributed by atoms with Crippen LogP contribution in [0.2, 0.25) is 0 Å². The first-order valence-electron chi connectivity index (χ1n) is 7.92. The predicted molar refractivity (Wildman–Crippen MR) is 96.1 cm³/mol. The number of aromatic nitrogens is 3. The minimum atomic E-state index is -3.73. The first-order valence-corrected chi connectivity index (χ1v) is 9.36. The van der Waals surface area contributed by atoms with Gasteiger partial charge in [0.05, 0.1) is 17.0 Å². The van der Waals surface area contributed by atoms with Crippen LogP contribution in [-0.4, -0.2) is 28.3 Å². The van der Waals surface area contributed by atoms with Crippen molar-refractivity contribution in [2.24, 2.45) is 0 Å². The Hall–Kier alpha value is -3.00. The summed E-state index contributed by atoms with van der Waals surface area (Å²) in [7, 11) is -3.73. The van der Waals surface area contributed by atoms with Crippen molar-refractivity contribution in [3.63, 3.8) is 0 Å². The van der Waals surface area contributed by atoms with Crippen molar-refractivity contribution in [3.8, 4) is 0 Å². The SMILES string of the molecule is Cc1cnc(CNC(=O)c2ccn(S(=O)(=O)c3cccc(C)c3)c2)nc1. The van der Waals surface area contributed by atoms with Gasteiger partial charge in [-0.2, -0.15) is 0 Å². The van der Waals surface area contributed by atoms with Crippen LogP contribution in [0, 0.1) is 13.8 Å². The third kappa shape index (κ3) is 3.80. The van der Waals surface area contributed by atoms with Crippen LogP contribution >= 0.6 is 0 Å². The predicted octanol–water partition coefficient (Wildman–Crippen LogP) is 2.06. The van der Waals surface area contributed by atoms with E-state index in [9.17, 15) is 13.2 Å². The summed E-state index contributed by atoms with van der Waals surface area (Å²) in [6.07, 6.45) is 5.98. The highest BCUT2D eigenvalue weighted by molar-refractivity contribution is 7.90. The van der Waals surface area contributed by atoms with E-state index in [2.05, 4.69) is 15.3 Å². The van der Waals surface area contributed by atoms with Crippen LogP contribution in [0.25, 0.3) is 0 Å². The van der Waals surface area contributed by atoms with E-state index in [0.717, 1.165) is 15.1 Å². The summed E-state index contributed by atoms with van der Waals surface area (Å²) < 4.78 is 26.3. The normalized spacial score (nSPS) is 11.3. The topological polar surface area (TPSA) is 94.0 Å². The highest BCUT2D eigenvalue weighted by Crippen LogP contribution is 2.16. The van der Waals surface area contributed by atoms with Crippen LogP contribution in [0.5, 0.6) is 0 Å². The van der Waals surface area contributed by atoms with Crippen molar-refractivity contribution >= 4 is 15.9 Å². The molecule has 134 valence electrons. The Bertz CT molecular complexity index is 1040. The molecule has 3 aromatic rings. The van der Waals surface area contributed by atoms with E-state index in [1.807, 2.05) is 19.9 Å². The number of carbonyl (C=O) groups excluding carboxylic acids is 1. The molecule has 0 aliphatic carbocycles. The molecule has 26 heavy (non-hydrogen) atoms. The summed E-state index contributed by atoms with van der Waals surface area (Å²) in [5.74, 6) is 0.0862. The Kier molecular flexibility index (Phi) is 4.85. The fraction of sp³-hybridized carbons (Fsp3) is 0.167. The van der Waals surface area contributed by atoms with Gasteiger partial charge in [-0.3, -0.25) is 4.79 Å². The average molecular weight is 370 g/mol. The molecule has 2 aromatic heterocycles. The van der Waals surface area contributed by atoms with Crippen LogP contribution in [0.15, 0.2) is 60.0 Å². The highest BCUT2D eigenvalue weighted by atomic mass is 32.2. The Morgan fingerprint density at radius 1 is 1.12 bits per heavy atom. The summed E-state index contributed by atoms with van der Waals surface area (Å²) in [6.45, 7) is 3.86. The molecule has 2 heterocycles. The molecule has 8 heteroatoms. The average Bonchev–Trinajstić information content (AvgIpc) is 3.12. The minimum Gasteiger partial charge on any atom is -0.345 e. The lowest BCUT2D eigenvalue weighted by Gasteiger charge is -2.06. The van der Waals surface area contributed by atoms with Crippen molar-refractivity contribution in [1.82, 2.24) is 19.3 Å². The molecule has 0 bridgehead atoms. The fourth-order valence-corrected chi connectivity index (χ4v) is 3.63. The lowest BCUT2D eigenvalue weighted by atomic mass is 10.2. The Labute approximate surface area is 151 Å². The number of benzene rings is 1. The van der Waals surface area contributed by atoms with Crippen LogP contribution < -0.4 is 5.32 Å². The molecule has 1 aromatic carbocycles. The van der Waals surface area contributed by atoms with Crippen molar-refractivity contribution in [2.75, 3.05) is 0 Å². The van der Waals surface area contributed by atoms with Crippen molar-refractivity contribution in [3.05, 3.63) is 77.6 Å². The van der Waals surface area contributed by atoms with Crippen LogP contribution in [0.4, 0.5) is 0 Å². The van der Waals surface area contributed by atoms with E-state index in [0.29, 0.717) is 5.82 Å². The molecular formula is C18H18N4O3S. The maximum absolute atomic E-state index is 12.6. The van der Waals surface area contributed by atoms with Crippen molar-refractivity contribution in [1.29, 1.82) is 0 Å². The molecule has 0 aliphatic heterocycles. The molecule has 1 N–H and O–H groups in total. The maximum Gasteiger partial charge on any atom is 0.267 e. The first kappa shape index (κ1) is 17.8. The molecule has 0 saturated heterocycles. The highest BCUT2D eigenvalue weighted by Gasteiger charge is 2.18. The van der Waals surface area contributed by atoms with Gasteiger partial charge >= 0.3 is 0 Å². The summed E-state index contributed by atoms with van der Waals surface area (Å²) in [4.78, 5) is 20.6. The third-order valence-electron chi connectivity index (χ3n) is 3.74. The van der Waals surface area contributed by atoms with Crippen molar-refractivity contribution in [2.45, 2.75) is 25.3 Å². The lowest BCUT2D eigenvalue weighted by Crippen LogP contribution is -2.23. The van der Waals surface area contributed by atoms with Crippen LogP contribution in [0.1, 0.15) is 27.3 Å². The maximum atomic E-state index is 12.6. The van der Waals surface area contributed by atoms with Gasteiger partial charge in [-0.15, -0.1) is 0 Å². The van der Waals surface area contributed by atoms with Crippen molar-refractivity contribution < 1.29 is 13.2 Å². The molecule has 7 nitrogen and oxygen atoms in total. The first-order chi connectivity index (χ1) is 12.4. The zero-order chi connectivity index (χ0) is 18.7. The second-order valence-electron chi connectivity index (χ2n) is 5.91. The molecule has 3 rings (SSSR count). The number of nitrogens with zero attached hydrogens (tertiary/aromatic N) is 3. The van der Waals surface area contributed by atoms with E-state index in [1.54, 1.807) is 24.5 Å². The van der Waals surface area contributed by atoms with Gasteiger partial charge in [0.15, 0.2) is 0 Å². The summed E-state index contributed by atoms with van der Waals surface area (Å²) >= 11 is 0. The summed E-state index contributed by atoms with van der Waals surface area (Å²) in [5, 5.41) is 2.68. The summed E-state index contributed by atoms with van der Waals surface area (Å²) in [6, 6.07) is 8.07. The van der Waals surface area contributed by atoms with Gasteiger partial charge in [0, 0.05) is 24.8 Å². The van der Waals surface area contributed by atoms with E-state index in [1.165, 1.54) is 24.5 Å². The third-order valence-corrected chi connectivity index (χ3v) is 5.37. The molecule has 0 saturated carbocycles. The van der Waals surface area contributed by atoms with Gasteiger partial charge in [0.1, 0.15) is 5.82 Å². The number of rotatable bonds is 5. The van der Waals surface area contributed by atoms with E-state index >= 15 is 0 Å². The lowest BCUT2D eigenvalue weighted by molar-refractivity contribution is 0.0950. The number of hydrogen-bond acceptors (Lipinski definition) is 5. The molecule has 0 spiro atoms. The standard InChI is InChI=1S/C18H18N4O3S/c1-13-4-3-5-16(8-13)26(24,25)22-7-6-15(12-22)18(23)21-11-17-19-9-14(2)10-20-17/h3-10,12H,11H2,1-2H3,(H,21,23). The Morgan fingerprint density at radius 2 is 1.85 bits per heavy atom. The van der Waals surface area contributed by atoms with Gasteiger partial charge in [-0.1, -0.05) is 12.1 Å². The number of amides is 1. The van der Waals surface area contributed by atoms with Gasteiger partial charge < -0.3 is 5.32 Å². The van der Waals surface area contributed by atoms with Crippen LogP contribution in [-0.2, 0) is 16.6 Å². The second-order valence-corrected chi connectivity index (χ2v) is 7.75. The van der Waals surface area contributed by atoms with Gasteiger partial charge in [-0.25, -0.2) is 22.4 Å². The quantitative estimate of drug-likeness (QED) is 0.742. The molecule has 0 radical (unpaired) electrons. The zero-order valence-electron chi connectivity index (χ0n) is 14.4. The zero-order valence-corrected chi connectivity index (χ0v) is 15.2. The molecule has 0 aliphatic rings. The van der Waals surface area contributed by atoms with Gasteiger partial charge in [0.2, 0.25) is 0 Å². The molecule has 0 fully saturated rings. The Morgan fingerprint density at radius 3 is 2.54 bits per heavy atom. The van der Waals surface area contributed by atoms with Crippen LogP contribution in [0.3, 0.4) is 0 Å². The number of nitrogens with one attached hydrogen (secondary N) is 1. The monoisotopic (exact) mass is 370 g/mol.